The second kappa shape index (κ2) is 5.12. The van der Waals surface area contributed by atoms with Crippen molar-refractivity contribution < 1.29 is 24.4 Å². The molecule has 2 aromatic heterocycles. The van der Waals surface area contributed by atoms with Crippen LogP contribution in [0, 0.1) is 23.7 Å². The zero-order valence-corrected chi connectivity index (χ0v) is 12.1. The Labute approximate surface area is 134 Å². The zero-order valence-electron chi connectivity index (χ0n) is 12.1. The summed E-state index contributed by atoms with van der Waals surface area (Å²) in [5.41, 5.74) is 3.30. The second-order valence-electron chi connectivity index (χ2n) is 5.31. The molecule has 3 rings (SSSR count). The Balaban J connectivity index is 2.27. The van der Waals surface area contributed by atoms with Crippen LogP contribution < -0.4 is 5.73 Å². The monoisotopic (exact) mass is 333 g/mol. The zero-order chi connectivity index (χ0) is 17.7. The van der Waals surface area contributed by atoms with E-state index in [-0.39, 0.29) is 22.4 Å². The molecule has 0 bridgehead atoms. The summed E-state index contributed by atoms with van der Waals surface area (Å²) in [6.45, 7) is -1.24. The standard InChI is InChI=1S/C14H12FN5O4/c1-2-13(23)11(22)14(15,5-21)24-12(13)20-4-7(3-16)8-9(17)18-6-19-10(8)20/h1,4,6,11-12,21-23H,5H2,(H2,17,18,19)/t11-,12+,13+,14+/m0/s1. The molecule has 1 fully saturated rings. The van der Waals surface area contributed by atoms with Gasteiger partial charge in [-0.1, -0.05) is 5.92 Å². The number of nitrogen functional groups attached to an aromatic ring is 1. The number of aliphatic hydroxyl groups excluding tert-OH is 2. The van der Waals surface area contributed by atoms with Gasteiger partial charge in [-0.3, -0.25) is 0 Å². The summed E-state index contributed by atoms with van der Waals surface area (Å²) in [5, 5.41) is 39.1. The Bertz CT molecular complexity index is 903. The third-order valence-electron chi connectivity index (χ3n) is 3.97. The quantitative estimate of drug-likeness (QED) is 0.500. The molecule has 1 aliphatic heterocycles. The van der Waals surface area contributed by atoms with Crippen LogP contribution in [0.5, 0.6) is 0 Å². The number of nitrogens with two attached hydrogens (primary N) is 1. The Hall–Kier alpha value is -2.76. The van der Waals surface area contributed by atoms with Gasteiger partial charge in [0, 0.05) is 6.20 Å². The van der Waals surface area contributed by atoms with E-state index in [9.17, 15) is 19.9 Å². The Kier molecular flexibility index (Phi) is 3.44. The van der Waals surface area contributed by atoms with E-state index in [1.807, 2.05) is 12.0 Å². The van der Waals surface area contributed by atoms with Crippen molar-refractivity contribution in [3.8, 4) is 18.4 Å². The van der Waals surface area contributed by atoms with E-state index in [2.05, 4.69) is 9.97 Å². The van der Waals surface area contributed by atoms with Crippen molar-refractivity contribution in [2.75, 3.05) is 12.3 Å². The summed E-state index contributed by atoms with van der Waals surface area (Å²) in [7, 11) is 0. The summed E-state index contributed by atoms with van der Waals surface area (Å²) < 4.78 is 20.6. The first-order chi connectivity index (χ1) is 11.3. The third-order valence-corrected chi connectivity index (χ3v) is 3.97. The molecule has 0 unspecified atom stereocenters. The number of nitrogens with zero attached hydrogens (tertiary/aromatic N) is 4. The van der Waals surface area contributed by atoms with Gasteiger partial charge in [0.05, 0.1) is 10.9 Å². The molecule has 0 spiro atoms. The lowest BCUT2D eigenvalue weighted by atomic mass is 9.94. The van der Waals surface area contributed by atoms with Crippen LogP contribution in [0.3, 0.4) is 0 Å². The number of nitriles is 1. The number of ether oxygens (including phenoxy) is 1. The number of rotatable bonds is 2. The van der Waals surface area contributed by atoms with Crippen molar-refractivity contribution >= 4 is 16.9 Å². The van der Waals surface area contributed by atoms with E-state index >= 15 is 0 Å². The third kappa shape index (κ3) is 1.89. The molecule has 9 nitrogen and oxygen atoms in total. The van der Waals surface area contributed by atoms with Gasteiger partial charge in [0.1, 0.15) is 30.5 Å². The van der Waals surface area contributed by atoms with Crippen molar-refractivity contribution in [3.05, 3.63) is 18.1 Å². The van der Waals surface area contributed by atoms with Gasteiger partial charge in [-0.15, -0.1) is 6.42 Å². The largest absolute Gasteiger partial charge is 0.390 e. The molecule has 0 saturated carbocycles. The molecule has 0 aromatic carbocycles. The molecule has 0 radical (unpaired) electrons. The molecule has 5 N–H and O–H groups in total. The van der Waals surface area contributed by atoms with Gasteiger partial charge < -0.3 is 30.4 Å². The number of fused-ring (bicyclic) bond motifs is 1. The fourth-order valence-electron chi connectivity index (χ4n) is 2.72. The molecule has 124 valence electrons. The van der Waals surface area contributed by atoms with Gasteiger partial charge in [-0.05, 0) is 0 Å². The normalized spacial score (nSPS) is 32.6. The minimum absolute atomic E-state index is 0.00763. The summed E-state index contributed by atoms with van der Waals surface area (Å²) in [6.07, 6.45) is 3.66. The molecule has 1 saturated heterocycles. The lowest BCUT2D eigenvalue weighted by Crippen LogP contribution is -2.49. The Morgan fingerprint density at radius 1 is 1.54 bits per heavy atom. The fraction of sp³-hybridized carbons (Fsp3) is 0.357. The highest BCUT2D eigenvalue weighted by Crippen LogP contribution is 2.46. The van der Waals surface area contributed by atoms with Crippen LogP contribution in [0.25, 0.3) is 11.0 Å². The van der Waals surface area contributed by atoms with Crippen LogP contribution in [-0.4, -0.2) is 54.0 Å². The number of aliphatic hydroxyl groups is 3. The van der Waals surface area contributed by atoms with Crippen molar-refractivity contribution in [1.82, 2.24) is 14.5 Å². The predicted molar refractivity (Wildman–Crippen MR) is 77.5 cm³/mol. The molecule has 2 aromatic rings. The van der Waals surface area contributed by atoms with Crippen molar-refractivity contribution in [2.24, 2.45) is 0 Å². The molecular weight excluding hydrogens is 321 g/mol. The number of hydrogen-bond donors (Lipinski definition) is 4. The number of terminal acetylenes is 1. The van der Waals surface area contributed by atoms with Gasteiger partial charge in [-0.2, -0.15) is 5.26 Å². The molecule has 0 amide bonds. The highest BCUT2D eigenvalue weighted by molar-refractivity contribution is 5.92. The topological polar surface area (TPSA) is 150 Å². The number of halogens is 1. The van der Waals surface area contributed by atoms with E-state index in [4.69, 9.17) is 22.0 Å². The molecule has 3 heterocycles. The van der Waals surface area contributed by atoms with Gasteiger partial charge in [0.2, 0.25) is 5.60 Å². The maximum absolute atomic E-state index is 14.5. The van der Waals surface area contributed by atoms with Crippen LogP contribution in [0.1, 0.15) is 11.8 Å². The second-order valence-corrected chi connectivity index (χ2v) is 5.31. The van der Waals surface area contributed by atoms with Crippen LogP contribution >= 0.6 is 0 Å². The highest BCUT2D eigenvalue weighted by Gasteiger charge is 2.64. The van der Waals surface area contributed by atoms with Crippen LogP contribution in [-0.2, 0) is 4.74 Å². The first-order valence-electron chi connectivity index (χ1n) is 6.69. The van der Waals surface area contributed by atoms with Crippen LogP contribution in [0.2, 0.25) is 0 Å². The fourth-order valence-corrected chi connectivity index (χ4v) is 2.72. The van der Waals surface area contributed by atoms with Crippen molar-refractivity contribution in [1.29, 1.82) is 5.26 Å². The first-order valence-corrected chi connectivity index (χ1v) is 6.69. The molecular formula is C14H12FN5O4. The minimum Gasteiger partial charge on any atom is -0.390 e. The maximum Gasteiger partial charge on any atom is 0.264 e. The Morgan fingerprint density at radius 3 is 2.83 bits per heavy atom. The van der Waals surface area contributed by atoms with Gasteiger partial charge in [0.25, 0.3) is 5.85 Å². The Morgan fingerprint density at radius 2 is 2.25 bits per heavy atom. The maximum atomic E-state index is 14.5. The number of aromatic nitrogens is 3. The number of alkyl halides is 1. The van der Waals surface area contributed by atoms with Gasteiger partial charge in [-0.25, -0.2) is 14.4 Å². The van der Waals surface area contributed by atoms with Crippen LogP contribution in [0.15, 0.2) is 12.5 Å². The molecule has 24 heavy (non-hydrogen) atoms. The van der Waals surface area contributed by atoms with E-state index in [0.29, 0.717) is 0 Å². The molecule has 4 atom stereocenters. The van der Waals surface area contributed by atoms with Gasteiger partial charge >= 0.3 is 0 Å². The summed E-state index contributed by atoms with van der Waals surface area (Å²) >= 11 is 0. The molecule has 10 heteroatoms. The highest BCUT2D eigenvalue weighted by atomic mass is 19.2. The lowest BCUT2D eigenvalue weighted by Gasteiger charge is -2.26. The number of hydrogen-bond acceptors (Lipinski definition) is 8. The van der Waals surface area contributed by atoms with E-state index in [1.165, 1.54) is 6.20 Å². The van der Waals surface area contributed by atoms with E-state index in [0.717, 1.165) is 10.9 Å². The van der Waals surface area contributed by atoms with E-state index in [1.54, 1.807) is 0 Å². The predicted octanol–water partition coefficient (Wildman–Crippen LogP) is -1.20. The van der Waals surface area contributed by atoms with E-state index < -0.39 is 30.4 Å². The van der Waals surface area contributed by atoms with Crippen LogP contribution in [0.4, 0.5) is 10.2 Å². The average Bonchev–Trinajstić information content (AvgIpc) is 3.06. The molecule has 0 aliphatic carbocycles. The smallest absolute Gasteiger partial charge is 0.264 e. The van der Waals surface area contributed by atoms with Gasteiger partial charge in [0.15, 0.2) is 12.3 Å². The lowest BCUT2D eigenvalue weighted by molar-refractivity contribution is -0.206. The minimum atomic E-state index is -2.99. The molecule has 1 aliphatic rings. The summed E-state index contributed by atoms with van der Waals surface area (Å²) in [5.74, 6) is -1.11. The average molecular weight is 333 g/mol. The summed E-state index contributed by atoms with van der Waals surface area (Å²) in [4.78, 5) is 7.72. The van der Waals surface area contributed by atoms with Crippen molar-refractivity contribution in [2.45, 2.75) is 23.8 Å². The number of anilines is 1. The summed E-state index contributed by atoms with van der Waals surface area (Å²) in [6, 6.07) is 1.87. The van der Waals surface area contributed by atoms with Crippen molar-refractivity contribution in [3.63, 3.8) is 0 Å². The first kappa shape index (κ1) is 16.1. The SMILES string of the molecule is C#C[C@]1(O)[C@H](n2cc(C#N)c3c(N)ncnc32)O[C@](F)(CO)[C@H]1O.